The Hall–Kier alpha value is -1.51. The van der Waals surface area contributed by atoms with E-state index in [1.165, 1.54) is 11.3 Å². The molecular weight excluding hydrogens is 210 g/mol. The standard InChI is InChI=1S/C14H21N3/c1-4-17(5-2)13-8-6-12(7-9-13)14-15-10-11-16(14)3/h6-9H,4-5,10-11H2,1-3H3. The van der Waals surface area contributed by atoms with Crippen LogP contribution >= 0.6 is 0 Å². The summed E-state index contributed by atoms with van der Waals surface area (Å²) in [6, 6.07) is 8.73. The van der Waals surface area contributed by atoms with Crippen molar-refractivity contribution in [1.82, 2.24) is 4.90 Å². The first-order valence-corrected chi connectivity index (χ1v) is 6.37. The molecule has 0 bridgehead atoms. The van der Waals surface area contributed by atoms with E-state index >= 15 is 0 Å². The average molecular weight is 231 g/mol. The number of rotatable bonds is 4. The fourth-order valence-electron chi connectivity index (χ4n) is 2.25. The van der Waals surface area contributed by atoms with Gasteiger partial charge in [-0.05, 0) is 38.1 Å². The molecule has 0 saturated heterocycles. The molecule has 2 rings (SSSR count). The number of hydrogen-bond donors (Lipinski definition) is 0. The van der Waals surface area contributed by atoms with Crippen LogP contribution in [0.5, 0.6) is 0 Å². The lowest BCUT2D eigenvalue weighted by Crippen LogP contribution is -2.24. The van der Waals surface area contributed by atoms with Gasteiger partial charge in [0.05, 0.1) is 6.54 Å². The molecule has 0 fully saturated rings. The van der Waals surface area contributed by atoms with E-state index in [4.69, 9.17) is 0 Å². The molecular formula is C14H21N3. The van der Waals surface area contributed by atoms with Gasteiger partial charge in [-0.25, -0.2) is 0 Å². The molecule has 0 aromatic heterocycles. The molecule has 1 heterocycles. The topological polar surface area (TPSA) is 18.8 Å². The van der Waals surface area contributed by atoms with Gasteiger partial charge in [0.2, 0.25) is 0 Å². The minimum Gasteiger partial charge on any atom is -0.372 e. The maximum atomic E-state index is 4.53. The van der Waals surface area contributed by atoms with Crippen LogP contribution in [0.4, 0.5) is 5.69 Å². The fraction of sp³-hybridized carbons (Fsp3) is 0.500. The molecule has 0 unspecified atom stereocenters. The van der Waals surface area contributed by atoms with Crippen LogP contribution in [0.15, 0.2) is 29.3 Å². The van der Waals surface area contributed by atoms with E-state index in [-0.39, 0.29) is 0 Å². The van der Waals surface area contributed by atoms with Crippen molar-refractivity contribution in [1.29, 1.82) is 0 Å². The van der Waals surface area contributed by atoms with Gasteiger partial charge >= 0.3 is 0 Å². The molecule has 1 aliphatic rings. The van der Waals surface area contributed by atoms with Gasteiger partial charge in [-0.1, -0.05) is 0 Å². The monoisotopic (exact) mass is 231 g/mol. The summed E-state index contributed by atoms with van der Waals surface area (Å²) in [5.74, 6) is 1.12. The van der Waals surface area contributed by atoms with E-state index in [1.807, 2.05) is 0 Å². The van der Waals surface area contributed by atoms with Crippen LogP contribution in [0.1, 0.15) is 19.4 Å². The number of likely N-dealkylation sites (N-methyl/N-ethyl adjacent to an activating group) is 1. The molecule has 0 N–H and O–H groups in total. The normalized spacial score (nSPS) is 15.0. The van der Waals surface area contributed by atoms with Crippen LogP contribution in [-0.2, 0) is 0 Å². The lowest BCUT2D eigenvalue weighted by atomic mass is 10.1. The lowest BCUT2D eigenvalue weighted by Gasteiger charge is -2.21. The number of amidine groups is 1. The second-order valence-corrected chi connectivity index (χ2v) is 4.35. The second-order valence-electron chi connectivity index (χ2n) is 4.35. The Labute approximate surface area is 104 Å². The average Bonchev–Trinajstić information content (AvgIpc) is 2.78. The third kappa shape index (κ3) is 2.43. The third-order valence-corrected chi connectivity index (χ3v) is 3.31. The Kier molecular flexibility index (Phi) is 3.67. The van der Waals surface area contributed by atoms with Gasteiger partial charge in [0, 0.05) is 37.9 Å². The first-order chi connectivity index (χ1) is 8.26. The van der Waals surface area contributed by atoms with E-state index in [0.717, 1.165) is 32.0 Å². The van der Waals surface area contributed by atoms with Crippen LogP contribution in [0.25, 0.3) is 0 Å². The summed E-state index contributed by atoms with van der Waals surface area (Å²) in [6.07, 6.45) is 0. The highest BCUT2D eigenvalue weighted by molar-refractivity contribution is 5.99. The van der Waals surface area contributed by atoms with Crippen LogP contribution < -0.4 is 4.90 Å². The zero-order valence-electron chi connectivity index (χ0n) is 11.0. The predicted octanol–water partition coefficient (Wildman–Crippen LogP) is 2.22. The van der Waals surface area contributed by atoms with Crippen molar-refractivity contribution in [3.8, 4) is 0 Å². The summed E-state index contributed by atoms with van der Waals surface area (Å²) in [6.45, 7) is 8.43. The maximum absolute atomic E-state index is 4.53. The largest absolute Gasteiger partial charge is 0.372 e. The molecule has 0 atom stereocenters. The number of benzene rings is 1. The fourth-order valence-corrected chi connectivity index (χ4v) is 2.25. The van der Waals surface area contributed by atoms with Crippen LogP contribution in [-0.4, -0.2) is 44.0 Å². The summed E-state index contributed by atoms with van der Waals surface area (Å²) in [7, 11) is 2.10. The zero-order chi connectivity index (χ0) is 12.3. The number of anilines is 1. The highest BCUT2D eigenvalue weighted by atomic mass is 15.2. The molecule has 3 nitrogen and oxygen atoms in total. The smallest absolute Gasteiger partial charge is 0.130 e. The summed E-state index contributed by atoms with van der Waals surface area (Å²) in [4.78, 5) is 9.10. The quantitative estimate of drug-likeness (QED) is 0.791. The Morgan fingerprint density at radius 3 is 2.29 bits per heavy atom. The summed E-state index contributed by atoms with van der Waals surface area (Å²) in [5, 5.41) is 0. The van der Waals surface area contributed by atoms with Gasteiger partial charge in [0.1, 0.15) is 5.84 Å². The maximum Gasteiger partial charge on any atom is 0.130 e. The summed E-state index contributed by atoms with van der Waals surface area (Å²) >= 11 is 0. The lowest BCUT2D eigenvalue weighted by molar-refractivity contribution is 0.557. The molecule has 0 saturated carbocycles. The van der Waals surface area contributed by atoms with Gasteiger partial charge in [-0.3, -0.25) is 4.99 Å². The Morgan fingerprint density at radius 2 is 1.82 bits per heavy atom. The van der Waals surface area contributed by atoms with Crippen molar-refractivity contribution in [3.63, 3.8) is 0 Å². The molecule has 1 aromatic carbocycles. The Balaban J connectivity index is 2.18. The van der Waals surface area contributed by atoms with Crippen LogP contribution in [0.2, 0.25) is 0 Å². The van der Waals surface area contributed by atoms with Gasteiger partial charge < -0.3 is 9.80 Å². The van der Waals surface area contributed by atoms with E-state index in [0.29, 0.717) is 0 Å². The SMILES string of the molecule is CCN(CC)c1ccc(C2=NCCN2C)cc1. The second kappa shape index (κ2) is 5.21. The van der Waals surface area contributed by atoms with Crippen molar-refractivity contribution in [2.45, 2.75) is 13.8 Å². The highest BCUT2D eigenvalue weighted by Crippen LogP contribution is 2.17. The molecule has 92 valence electrons. The van der Waals surface area contributed by atoms with Crippen molar-refractivity contribution < 1.29 is 0 Å². The van der Waals surface area contributed by atoms with Gasteiger partial charge in [0.25, 0.3) is 0 Å². The van der Waals surface area contributed by atoms with E-state index in [2.05, 4.69) is 60.0 Å². The van der Waals surface area contributed by atoms with Crippen molar-refractivity contribution >= 4 is 11.5 Å². The third-order valence-electron chi connectivity index (χ3n) is 3.31. The number of aliphatic imine (C=N–C) groups is 1. The van der Waals surface area contributed by atoms with Crippen molar-refractivity contribution in [3.05, 3.63) is 29.8 Å². The van der Waals surface area contributed by atoms with E-state index < -0.39 is 0 Å². The van der Waals surface area contributed by atoms with Crippen LogP contribution in [0.3, 0.4) is 0 Å². The van der Waals surface area contributed by atoms with Crippen molar-refractivity contribution in [2.75, 3.05) is 38.1 Å². The summed E-state index contributed by atoms with van der Waals surface area (Å²) in [5.41, 5.74) is 2.51. The molecule has 0 amide bonds. The predicted molar refractivity (Wildman–Crippen MR) is 74.0 cm³/mol. The highest BCUT2D eigenvalue weighted by Gasteiger charge is 2.14. The number of hydrogen-bond acceptors (Lipinski definition) is 3. The minimum atomic E-state index is 0.920. The molecule has 17 heavy (non-hydrogen) atoms. The molecule has 0 radical (unpaired) electrons. The van der Waals surface area contributed by atoms with Gasteiger partial charge in [0.15, 0.2) is 0 Å². The minimum absolute atomic E-state index is 0.920. The molecule has 0 aliphatic carbocycles. The molecule has 0 spiro atoms. The summed E-state index contributed by atoms with van der Waals surface area (Å²) < 4.78 is 0. The number of nitrogens with zero attached hydrogens (tertiary/aromatic N) is 3. The molecule has 3 heteroatoms. The van der Waals surface area contributed by atoms with Gasteiger partial charge in [-0.15, -0.1) is 0 Å². The van der Waals surface area contributed by atoms with E-state index in [9.17, 15) is 0 Å². The van der Waals surface area contributed by atoms with Gasteiger partial charge in [-0.2, -0.15) is 0 Å². The Morgan fingerprint density at radius 1 is 1.18 bits per heavy atom. The molecule has 1 aliphatic heterocycles. The Bertz CT molecular complexity index is 390. The molecule has 1 aromatic rings. The van der Waals surface area contributed by atoms with Crippen molar-refractivity contribution in [2.24, 2.45) is 4.99 Å². The van der Waals surface area contributed by atoms with E-state index in [1.54, 1.807) is 0 Å². The first-order valence-electron chi connectivity index (χ1n) is 6.37. The first kappa shape index (κ1) is 12.0. The zero-order valence-corrected chi connectivity index (χ0v) is 11.0. The van der Waals surface area contributed by atoms with Crippen LogP contribution in [0, 0.1) is 0 Å².